The second kappa shape index (κ2) is 6.43. The maximum atomic E-state index is 9.94. The molecule has 2 unspecified atom stereocenters. The van der Waals surface area contributed by atoms with Crippen LogP contribution in [0.25, 0.3) is 0 Å². The molecular formula is C11H23NO3. The zero-order valence-corrected chi connectivity index (χ0v) is 9.79. The van der Waals surface area contributed by atoms with Crippen LogP contribution in [-0.4, -0.2) is 50.2 Å². The summed E-state index contributed by atoms with van der Waals surface area (Å²) in [7, 11) is 1.65. The molecule has 2 N–H and O–H groups in total. The Balaban J connectivity index is 2.06. The second-order valence-corrected chi connectivity index (χ2v) is 4.51. The van der Waals surface area contributed by atoms with Crippen molar-refractivity contribution in [3.8, 4) is 0 Å². The Morgan fingerprint density at radius 1 is 1.60 bits per heavy atom. The molecule has 1 aliphatic rings. The highest BCUT2D eigenvalue weighted by Crippen LogP contribution is 2.12. The maximum absolute atomic E-state index is 9.94. The average Bonchev–Trinajstić information content (AvgIpc) is 2.67. The number of nitrogens with one attached hydrogen (secondary N) is 1. The van der Waals surface area contributed by atoms with Gasteiger partial charge in [-0.05, 0) is 19.8 Å². The average molecular weight is 217 g/mol. The Labute approximate surface area is 92.0 Å². The van der Waals surface area contributed by atoms with Crippen LogP contribution < -0.4 is 5.32 Å². The summed E-state index contributed by atoms with van der Waals surface area (Å²) >= 11 is 0. The van der Waals surface area contributed by atoms with E-state index >= 15 is 0 Å². The quantitative estimate of drug-likeness (QED) is 0.653. The summed E-state index contributed by atoms with van der Waals surface area (Å²) < 4.78 is 10.4. The zero-order valence-electron chi connectivity index (χ0n) is 9.79. The van der Waals surface area contributed by atoms with E-state index in [1.165, 1.54) is 0 Å². The largest absolute Gasteiger partial charge is 0.389 e. The minimum absolute atomic E-state index is 0.336. The molecule has 1 heterocycles. The van der Waals surface area contributed by atoms with Crippen LogP contribution >= 0.6 is 0 Å². The monoisotopic (exact) mass is 217 g/mol. The zero-order chi connectivity index (χ0) is 11.1. The van der Waals surface area contributed by atoms with Gasteiger partial charge >= 0.3 is 0 Å². The standard InChI is InChI=1S/C11H23NO3/c1-11(13,5-7-14-2)9-12-8-10-4-3-6-15-10/h10,12-13H,3-9H2,1-2H3. The van der Waals surface area contributed by atoms with Gasteiger partial charge in [0.15, 0.2) is 0 Å². The highest BCUT2D eigenvalue weighted by atomic mass is 16.5. The summed E-state index contributed by atoms with van der Waals surface area (Å²) in [4.78, 5) is 0. The highest BCUT2D eigenvalue weighted by molar-refractivity contribution is 4.77. The summed E-state index contributed by atoms with van der Waals surface area (Å²) in [6.45, 7) is 4.73. The van der Waals surface area contributed by atoms with Crippen molar-refractivity contribution in [1.82, 2.24) is 5.32 Å². The minimum Gasteiger partial charge on any atom is -0.389 e. The predicted molar refractivity (Wildman–Crippen MR) is 59.0 cm³/mol. The van der Waals surface area contributed by atoms with Crippen molar-refractivity contribution in [1.29, 1.82) is 0 Å². The molecule has 0 amide bonds. The molecule has 0 radical (unpaired) electrons. The molecule has 4 heteroatoms. The topological polar surface area (TPSA) is 50.7 Å². The van der Waals surface area contributed by atoms with Crippen LogP contribution in [0.2, 0.25) is 0 Å². The van der Waals surface area contributed by atoms with Gasteiger partial charge in [0.2, 0.25) is 0 Å². The lowest BCUT2D eigenvalue weighted by molar-refractivity contribution is 0.0213. The molecule has 90 valence electrons. The third kappa shape index (κ3) is 5.47. The van der Waals surface area contributed by atoms with Gasteiger partial charge in [-0.3, -0.25) is 0 Å². The number of ether oxygens (including phenoxy) is 2. The fourth-order valence-electron chi connectivity index (χ4n) is 1.72. The van der Waals surface area contributed by atoms with E-state index in [4.69, 9.17) is 9.47 Å². The predicted octanol–water partition coefficient (Wildman–Crippen LogP) is 0.542. The van der Waals surface area contributed by atoms with Crippen LogP contribution in [0.5, 0.6) is 0 Å². The Hall–Kier alpha value is -0.160. The molecular weight excluding hydrogens is 194 g/mol. The fraction of sp³-hybridized carbons (Fsp3) is 1.00. The van der Waals surface area contributed by atoms with Crippen LogP contribution in [0.4, 0.5) is 0 Å². The van der Waals surface area contributed by atoms with Gasteiger partial charge in [0.25, 0.3) is 0 Å². The Kier molecular flexibility index (Phi) is 5.53. The number of aliphatic hydroxyl groups is 1. The molecule has 0 saturated carbocycles. The lowest BCUT2D eigenvalue weighted by atomic mass is 10.0. The van der Waals surface area contributed by atoms with Crippen LogP contribution in [0, 0.1) is 0 Å². The highest BCUT2D eigenvalue weighted by Gasteiger charge is 2.21. The minimum atomic E-state index is -0.686. The molecule has 1 aliphatic heterocycles. The summed E-state index contributed by atoms with van der Waals surface area (Å²) in [5, 5.41) is 13.2. The van der Waals surface area contributed by atoms with Crippen molar-refractivity contribution in [2.24, 2.45) is 0 Å². The summed E-state index contributed by atoms with van der Waals surface area (Å²) in [5.74, 6) is 0. The molecule has 0 spiro atoms. The van der Waals surface area contributed by atoms with Crippen molar-refractivity contribution in [2.45, 2.75) is 37.9 Å². The molecule has 1 fully saturated rings. The van der Waals surface area contributed by atoms with E-state index in [1.807, 2.05) is 6.92 Å². The molecule has 1 saturated heterocycles. The third-order valence-corrected chi connectivity index (χ3v) is 2.75. The molecule has 0 aromatic heterocycles. The molecule has 0 aromatic rings. The van der Waals surface area contributed by atoms with Gasteiger partial charge in [-0.15, -0.1) is 0 Å². The van der Waals surface area contributed by atoms with Gasteiger partial charge in [-0.1, -0.05) is 0 Å². The van der Waals surface area contributed by atoms with Crippen LogP contribution in [0.15, 0.2) is 0 Å². The molecule has 2 atom stereocenters. The summed E-state index contributed by atoms with van der Waals surface area (Å²) in [6, 6.07) is 0. The number of hydrogen-bond acceptors (Lipinski definition) is 4. The van der Waals surface area contributed by atoms with Crippen molar-refractivity contribution in [2.75, 3.05) is 33.4 Å². The fourth-order valence-corrected chi connectivity index (χ4v) is 1.72. The first kappa shape index (κ1) is 12.9. The Morgan fingerprint density at radius 2 is 2.40 bits per heavy atom. The maximum Gasteiger partial charge on any atom is 0.0765 e. The lowest BCUT2D eigenvalue weighted by Crippen LogP contribution is -2.41. The van der Waals surface area contributed by atoms with Gasteiger partial charge in [0, 0.05) is 39.8 Å². The summed E-state index contributed by atoms with van der Waals surface area (Å²) in [6.07, 6.45) is 3.28. The smallest absolute Gasteiger partial charge is 0.0765 e. The Bertz CT molecular complexity index is 167. The van der Waals surface area contributed by atoms with Gasteiger partial charge in [0.1, 0.15) is 0 Å². The molecule has 15 heavy (non-hydrogen) atoms. The van der Waals surface area contributed by atoms with E-state index in [0.29, 0.717) is 25.7 Å². The second-order valence-electron chi connectivity index (χ2n) is 4.51. The van der Waals surface area contributed by atoms with Gasteiger partial charge in [0.05, 0.1) is 11.7 Å². The molecule has 0 aliphatic carbocycles. The SMILES string of the molecule is COCCC(C)(O)CNCC1CCCO1. The van der Waals surface area contributed by atoms with E-state index in [1.54, 1.807) is 7.11 Å². The normalized spacial score (nSPS) is 25.4. The van der Waals surface area contributed by atoms with Crippen molar-refractivity contribution in [3.05, 3.63) is 0 Å². The van der Waals surface area contributed by atoms with Gasteiger partial charge < -0.3 is 19.9 Å². The first-order valence-electron chi connectivity index (χ1n) is 5.68. The lowest BCUT2D eigenvalue weighted by Gasteiger charge is -2.24. The number of hydrogen-bond donors (Lipinski definition) is 2. The number of rotatable bonds is 7. The summed E-state index contributed by atoms with van der Waals surface area (Å²) in [5.41, 5.74) is -0.686. The molecule has 0 bridgehead atoms. The third-order valence-electron chi connectivity index (χ3n) is 2.75. The Morgan fingerprint density at radius 3 is 3.00 bits per heavy atom. The van der Waals surface area contributed by atoms with Crippen LogP contribution in [0.1, 0.15) is 26.2 Å². The van der Waals surface area contributed by atoms with Crippen molar-refractivity contribution < 1.29 is 14.6 Å². The number of methoxy groups -OCH3 is 1. The van der Waals surface area contributed by atoms with Crippen LogP contribution in [0.3, 0.4) is 0 Å². The van der Waals surface area contributed by atoms with Gasteiger partial charge in [-0.2, -0.15) is 0 Å². The van der Waals surface area contributed by atoms with Crippen molar-refractivity contribution in [3.63, 3.8) is 0 Å². The van der Waals surface area contributed by atoms with E-state index in [0.717, 1.165) is 26.0 Å². The first-order chi connectivity index (χ1) is 7.14. The van der Waals surface area contributed by atoms with Gasteiger partial charge in [-0.25, -0.2) is 0 Å². The first-order valence-corrected chi connectivity index (χ1v) is 5.68. The molecule has 0 aromatic carbocycles. The van der Waals surface area contributed by atoms with Crippen LogP contribution in [-0.2, 0) is 9.47 Å². The van der Waals surface area contributed by atoms with E-state index < -0.39 is 5.60 Å². The van der Waals surface area contributed by atoms with E-state index in [9.17, 15) is 5.11 Å². The van der Waals surface area contributed by atoms with E-state index in [2.05, 4.69) is 5.32 Å². The van der Waals surface area contributed by atoms with E-state index in [-0.39, 0.29) is 0 Å². The van der Waals surface area contributed by atoms with Crippen molar-refractivity contribution >= 4 is 0 Å². The molecule has 1 rings (SSSR count). The molecule has 4 nitrogen and oxygen atoms in total.